The first-order valence-electron chi connectivity index (χ1n) is 6.73. The van der Waals surface area contributed by atoms with Gasteiger partial charge in [-0.2, -0.15) is 0 Å². The van der Waals surface area contributed by atoms with Gasteiger partial charge >= 0.3 is 5.97 Å². The maximum atomic E-state index is 14.1. The average molecular weight is 315 g/mol. The molecule has 23 heavy (non-hydrogen) atoms. The topological polar surface area (TPSA) is 59.3 Å². The molecule has 4 nitrogen and oxygen atoms in total. The maximum absolute atomic E-state index is 14.1. The maximum Gasteiger partial charge on any atom is 0.338 e. The van der Waals surface area contributed by atoms with Gasteiger partial charge in [0.15, 0.2) is 5.43 Å². The highest BCUT2D eigenvalue weighted by atomic mass is 19.1. The van der Waals surface area contributed by atoms with Gasteiger partial charge in [-0.3, -0.25) is 4.79 Å². The molecule has 3 rings (SSSR count). The Hall–Kier alpha value is -3.02. The van der Waals surface area contributed by atoms with Crippen molar-refractivity contribution in [2.75, 3.05) is 0 Å². The number of hydrogen-bond acceptors (Lipinski definition) is 2. The monoisotopic (exact) mass is 315 g/mol. The molecule has 0 fully saturated rings. The zero-order chi connectivity index (χ0) is 16.7. The molecule has 0 saturated heterocycles. The Morgan fingerprint density at radius 3 is 2.52 bits per heavy atom. The van der Waals surface area contributed by atoms with Crippen molar-refractivity contribution in [3.8, 4) is 16.8 Å². The lowest BCUT2D eigenvalue weighted by molar-refractivity contribution is 0.0696. The van der Waals surface area contributed by atoms with Crippen molar-refractivity contribution in [2.24, 2.45) is 0 Å². The Morgan fingerprint density at radius 1 is 1.13 bits per heavy atom. The van der Waals surface area contributed by atoms with Crippen molar-refractivity contribution in [3.63, 3.8) is 0 Å². The molecule has 1 aromatic rings. The predicted molar refractivity (Wildman–Crippen MR) is 80.3 cm³/mol. The van der Waals surface area contributed by atoms with Crippen molar-refractivity contribution < 1.29 is 18.7 Å². The molecule has 6 heteroatoms. The lowest BCUT2D eigenvalue weighted by Gasteiger charge is -2.19. The van der Waals surface area contributed by atoms with Crippen LogP contribution in [0.5, 0.6) is 0 Å². The molecule has 0 radical (unpaired) electrons. The average Bonchev–Trinajstić information content (AvgIpc) is 2.46. The largest absolute Gasteiger partial charge is 0.478 e. The van der Waals surface area contributed by atoms with Crippen LogP contribution >= 0.6 is 0 Å². The van der Waals surface area contributed by atoms with E-state index in [0.717, 1.165) is 12.1 Å². The minimum absolute atomic E-state index is 0.0168. The summed E-state index contributed by atoms with van der Waals surface area (Å²) in [6, 6.07) is 7.39. The van der Waals surface area contributed by atoms with E-state index >= 15 is 0 Å². The number of fused-ring (bicyclic) bond motifs is 1. The van der Waals surface area contributed by atoms with Crippen LogP contribution in [0.1, 0.15) is 16.1 Å². The van der Waals surface area contributed by atoms with E-state index in [1.807, 2.05) is 0 Å². The quantitative estimate of drug-likeness (QED) is 0.790. The first-order valence-corrected chi connectivity index (χ1v) is 6.73. The van der Waals surface area contributed by atoms with Gasteiger partial charge in [0.25, 0.3) is 0 Å². The fourth-order valence-corrected chi connectivity index (χ4v) is 2.64. The number of rotatable bonds is 2. The summed E-state index contributed by atoms with van der Waals surface area (Å²) in [5.41, 5.74) is -0.175. The zero-order valence-corrected chi connectivity index (χ0v) is 12.0. The zero-order valence-electron chi connectivity index (χ0n) is 12.0. The summed E-state index contributed by atoms with van der Waals surface area (Å²) >= 11 is 0. The molecule has 116 valence electrons. The first-order chi connectivity index (χ1) is 10.9. The third-order valence-corrected chi connectivity index (χ3v) is 3.65. The van der Waals surface area contributed by atoms with E-state index in [1.165, 1.54) is 35.9 Å². The molecule has 0 unspecified atom stereocenters. The molecule has 0 atom stereocenters. The van der Waals surface area contributed by atoms with Crippen molar-refractivity contribution in [3.05, 3.63) is 75.7 Å². The van der Waals surface area contributed by atoms with Crippen LogP contribution in [-0.2, 0) is 0 Å². The summed E-state index contributed by atoms with van der Waals surface area (Å²) < 4.78 is 29.0. The van der Waals surface area contributed by atoms with Gasteiger partial charge in [0.2, 0.25) is 0 Å². The smallest absolute Gasteiger partial charge is 0.338 e. The van der Waals surface area contributed by atoms with Gasteiger partial charge in [-0.25, -0.2) is 13.6 Å². The van der Waals surface area contributed by atoms with E-state index in [2.05, 4.69) is 0 Å². The van der Waals surface area contributed by atoms with Crippen LogP contribution < -0.4 is 5.43 Å². The van der Waals surface area contributed by atoms with E-state index in [0.29, 0.717) is 5.69 Å². The standard InChI is InChI=1S/C17H11F2NO3/c1-9-16(17(22)23)13-6-12(21)7-15(19)14(13)8-20(9)11-4-2-3-10(18)5-11/h2-8H,1H3,(H,22,23). The Morgan fingerprint density at radius 2 is 1.87 bits per heavy atom. The lowest BCUT2D eigenvalue weighted by Crippen LogP contribution is -2.15. The van der Waals surface area contributed by atoms with Crippen LogP contribution in [0.4, 0.5) is 8.78 Å². The summed E-state index contributed by atoms with van der Waals surface area (Å²) in [6.07, 6.45) is 1.36. The number of aromatic carboxylic acids is 1. The van der Waals surface area contributed by atoms with Crippen LogP contribution in [-0.4, -0.2) is 15.6 Å². The number of carbonyl (C=O) groups is 1. The number of hydrogen-bond donors (Lipinski definition) is 1. The highest BCUT2D eigenvalue weighted by Gasteiger charge is 2.23. The second-order valence-electron chi connectivity index (χ2n) is 5.11. The number of aromatic nitrogens is 1. The van der Waals surface area contributed by atoms with E-state index in [-0.39, 0.29) is 22.4 Å². The molecule has 1 N–H and O–H groups in total. The molecule has 2 aliphatic rings. The fourth-order valence-electron chi connectivity index (χ4n) is 2.64. The molecule has 0 aromatic heterocycles. The third-order valence-electron chi connectivity index (χ3n) is 3.65. The highest BCUT2D eigenvalue weighted by molar-refractivity contribution is 5.97. The number of carboxylic acids is 1. The predicted octanol–water partition coefficient (Wildman–Crippen LogP) is 3.23. The van der Waals surface area contributed by atoms with Gasteiger partial charge in [0.05, 0.1) is 5.56 Å². The summed E-state index contributed by atoms with van der Waals surface area (Å²) in [4.78, 5) is 23.1. The van der Waals surface area contributed by atoms with E-state index in [9.17, 15) is 23.5 Å². The molecule has 1 aliphatic carbocycles. The molecule has 1 aliphatic heterocycles. The van der Waals surface area contributed by atoms with Crippen molar-refractivity contribution in [1.82, 2.24) is 4.57 Å². The Labute approximate surface area is 129 Å². The van der Waals surface area contributed by atoms with Crippen LogP contribution in [0.15, 0.2) is 47.4 Å². The first kappa shape index (κ1) is 14.9. The van der Waals surface area contributed by atoms with Crippen molar-refractivity contribution >= 4 is 5.97 Å². The second-order valence-corrected chi connectivity index (χ2v) is 5.11. The van der Waals surface area contributed by atoms with Gasteiger partial charge in [-0.15, -0.1) is 0 Å². The Balaban J connectivity index is 2.45. The number of carboxylic acid groups (broad SMARTS) is 1. The van der Waals surface area contributed by atoms with Gasteiger partial charge in [0, 0.05) is 34.8 Å². The highest BCUT2D eigenvalue weighted by Crippen LogP contribution is 2.31. The van der Waals surface area contributed by atoms with Gasteiger partial charge in [-0.1, -0.05) is 6.07 Å². The van der Waals surface area contributed by atoms with E-state index in [1.54, 1.807) is 6.07 Å². The van der Waals surface area contributed by atoms with Crippen LogP contribution in [0.2, 0.25) is 0 Å². The number of benzene rings is 2. The molecule has 1 aromatic carbocycles. The van der Waals surface area contributed by atoms with Crippen LogP contribution in [0.25, 0.3) is 16.8 Å². The third kappa shape index (κ3) is 2.48. The molecular weight excluding hydrogens is 304 g/mol. The summed E-state index contributed by atoms with van der Waals surface area (Å²) in [5, 5.41) is 9.46. The molecule has 1 heterocycles. The summed E-state index contributed by atoms with van der Waals surface area (Å²) in [6.45, 7) is 1.52. The van der Waals surface area contributed by atoms with E-state index < -0.39 is 23.0 Å². The van der Waals surface area contributed by atoms with Crippen molar-refractivity contribution in [1.29, 1.82) is 0 Å². The molecule has 0 spiro atoms. The minimum Gasteiger partial charge on any atom is -0.478 e. The molecule has 0 bridgehead atoms. The fraction of sp³-hybridized carbons (Fsp3) is 0.0588. The van der Waals surface area contributed by atoms with E-state index in [4.69, 9.17) is 0 Å². The minimum atomic E-state index is -1.29. The Bertz CT molecular complexity index is 963. The SMILES string of the molecule is Cc1c(C(=O)O)c2cc(=O)cc(F)c-2cn1-c1cccc(F)c1. The van der Waals surface area contributed by atoms with Crippen molar-refractivity contribution in [2.45, 2.75) is 6.92 Å². The van der Waals surface area contributed by atoms with Crippen LogP contribution in [0.3, 0.4) is 0 Å². The van der Waals surface area contributed by atoms with Gasteiger partial charge in [-0.05, 0) is 31.2 Å². The number of pyridine rings is 1. The summed E-state index contributed by atoms with van der Waals surface area (Å²) in [5.74, 6) is -2.61. The molecule has 0 saturated carbocycles. The molecule has 0 amide bonds. The van der Waals surface area contributed by atoms with Gasteiger partial charge < -0.3 is 9.67 Å². The van der Waals surface area contributed by atoms with Gasteiger partial charge in [0.1, 0.15) is 11.6 Å². The number of nitrogens with zero attached hydrogens (tertiary/aromatic N) is 1. The second kappa shape index (κ2) is 5.31. The summed E-state index contributed by atoms with van der Waals surface area (Å²) in [7, 11) is 0. The lowest BCUT2D eigenvalue weighted by atomic mass is 9.97. The Kier molecular flexibility index (Phi) is 3.44. The normalized spacial score (nSPS) is 10.9. The number of halogens is 2. The van der Waals surface area contributed by atoms with Crippen LogP contribution in [0, 0.1) is 18.6 Å². The molecular formula is C17H11F2NO3.